The molecule has 2 aliphatic rings. The zero-order valence-corrected chi connectivity index (χ0v) is 9.04. The zero-order valence-electron chi connectivity index (χ0n) is 8.23. The molecule has 0 heterocycles. The highest BCUT2D eigenvalue weighted by Crippen LogP contribution is 2.34. The summed E-state index contributed by atoms with van der Waals surface area (Å²) in [5, 5.41) is 7.64. The van der Waals surface area contributed by atoms with Gasteiger partial charge in [0.1, 0.15) is 0 Å². The first-order chi connectivity index (χ1) is 6.18. The molecule has 2 N–H and O–H groups in total. The summed E-state index contributed by atoms with van der Waals surface area (Å²) < 4.78 is 0. The molecule has 2 aliphatic carbocycles. The minimum Gasteiger partial charge on any atom is -0.360 e. The summed E-state index contributed by atoms with van der Waals surface area (Å²) in [6.07, 6.45) is 7.82. The summed E-state index contributed by atoms with van der Waals surface area (Å²) in [5.74, 6) is 0. The fourth-order valence-corrected chi connectivity index (χ4v) is 2.29. The van der Waals surface area contributed by atoms with E-state index in [-0.39, 0.29) is 0 Å². The van der Waals surface area contributed by atoms with Crippen molar-refractivity contribution in [2.45, 2.75) is 57.0 Å². The van der Waals surface area contributed by atoms with E-state index in [1.165, 1.54) is 38.5 Å². The molecule has 0 aromatic rings. The van der Waals surface area contributed by atoms with Gasteiger partial charge in [-0.3, -0.25) is 0 Å². The Labute approximate surface area is 85.5 Å². The lowest BCUT2D eigenvalue weighted by Gasteiger charge is -2.19. The molecule has 0 aromatic heterocycles. The van der Waals surface area contributed by atoms with E-state index in [1.54, 1.807) is 0 Å². The minimum atomic E-state index is 0.322. The van der Waals surface area contributed by atoms with Crippen molar-refractivity contribution in [2.75, 3.05) is 0 Å². The van der Waals surface area contributed by atoms with Crippen LogP contribution < -0.4 is 10.6 Å². The Kier molecular flexibility index (Phi) is 2.45. The van der Waals surface area contributed by atoms with E-state index in [2.05, 4.69) is 17.6 Å². The Morgan fingerprint density at radius 1 is 1.31 bits per heavy atom. The molecule has 0 aromatic carbocycles. The molecule has 2 rings (SSSR count). The maximum absolute atomic E-state index is 5.26. The first-order valence-corrected chi connectivity index (χ1v) is 5.67. The first-order valence-electron chi connectivity index (χ1n) is 5.27. The van der Waals surface area contributed by atoms with Crippen LogP contribution in [-0.4, -0.2) is 16.7 Å². The van der Waals surface area contributed by atoms with Crippen LogP contribution in [-0.2, 0) is 0 Å². The average molecular weight is 198 g/mol. The second-order valence-corrected chi connectivity index (χ2v) is 5.05. The minimum absolute atomic E-state index is 0.322. The van der Waals surface area contributed by atoms with Crippen LogP contribution >= 0.6 is 12.2 Å². The molecule has 0 atom stereocenters. The van der Waals surface area contributed by atoms with Crippen molar-refractivity contribution in [2.24, 2.45) is 0 Å². The third-order valence-electron chi connectivity index (χ3n) is 3.11. The van der Waals surface area contributed by atoms with Crippen LogP contribution in [0.2, 0.25) is 0 Å². The smallest absolute Gasteiger partial charge is 0.166 e. The molecule has 0 spiro atoms. The van der Waals surface area contributed by atoms with Gasteiger partial charge in [-0.05, 0) is 44.8 Å². The van der Waals surface area contributed by atoms with Crippen molar-refractivity contribution in [3.05, 3.63) is 0 Å². The Morgan fingerprint density at radius 3 is 2.46 bits per heavy atom. The van der Waals surface area contributed by atoms with Gasteiger partial charge < -0.3 is 10.6 Å². The van der Waals surface area contributed by atoms with Crippen LogP contribution in [0.25, 0.3) is 0 Å². The number of hydrogen-bond acceptors (Lipinski definition) is 1. The molecule has 2 nitrogen and oxygen atoms in total. The Bertz CT molecular complexity index is 205. The van der Waals surface area contributed by atoms with Gasteiger partial charge >= 0.3 is 0 Å². The highest BCUT2D eigenvalue weighted by molar-refractivity contribution is 7.80. The molecule has 2 saturated carbocycles. The van der Waals surface area contributed by atoms with Crippen molar-refractivity contribution < 1.29 is 0 Å². The quantitative estimate of drug-likeness (QED) is 0.663. The van der Waals surface area contributed by atoms with Gasteiger partial charge in [-0.2, -0.15) is 0 Å². The second kappa shape index (κ2) is 3.45. The second-order valence-electron chi connectivity index (χ2n) is 4.64. The van der Waals surface area contributed by atoms with Crippen LogP contribution in [0.3, 0.4) is 0 Å². The predicted octanol–water partition coefficient (Wildman–Crippen LogP) is 1.95. The number of thiocarbonyl (C=S) groups is 1. The number of nitrogens with one attached hydrogen (secondary N) is 2. The average Bonchev–Trinajstić information content (AvgIpc) is 2.61. The van der Waals surface area contributed by atoms with E-state index in [9.17, 15) is 0 Å². The monoisotopic (exact) mass is 198 g/mol. The fraction of sp³-hybridized carbons (Fsp3) is 0.900. The molecule has 2 fully saturated rings. The van der Waals surface area contributed by atoms with Crippen molar-refractivity contribution in [3.8, 4) is 0 Å². The van der Waals surface area contributed by atoms with Crippen LogP contribution in [0.15, 0.2) is 0 Å². The standard InChI is InChI=1S/C10H18N2S/c1-10(6-7-10)12-9(13)11-8-4-2-3-5-8/h8H,2-7H2,1H3,(H2,11,12,13). The maximum atomic E-state index is 5.26. The van der Waals surface area contributed by atoms with Gasteiger partial charge in [-0.25, -0.2) is 0 Å². The summed E-state index contributed by atoms with van der Waals surface area (Å²) in [7, 11) is 0. The predicted molar refractivity (Wildman–Crippen MR) is 58.8 cm³/mol. The van der Waals surface area contributed by atoms with Crippen molar-refractivity contribution in [1.82, 2.24) is 10.6 Å². The van der Waals surface area contributed by atoms with E-state index in [1.807, 2.05) is 0 Å². The summed E-state index contributed by atoms with van der Waals surface area (Å²) in [4.78, 5) is 0. The largest absolute Gasteiger partial charge is 0.360 e. The molecule has 0 bridgehead atoms. The molecule has 3 heteroatoms. The molecule has 0 unspecified atom stereocenters. The SMILES string of the molecule is CC1(NC(=S)NC2CCCC2)CC1. The van der Waals surface area contributed by atoms with Gasteiger partial charge in [0.05, 0.1) is 0 Å². The van der Waals surface area contributed by atoms with E-state index < -0.39 is 0 Å². The molecule has 0 aliphatic heterocycles. The Hall–Kier alpha value is -0.310. The molecular weight excluding hydrogens is 180 g/mol. The number of hydrogen-bond donors (Lipinski definition) is 2. The lowest BCUT2D eigenvalue weighted by atomic mass is 10.2. The topological polar surface area (TPSA) is 24.1 Å². The van der Waals surface area contributed by atoms with Crippen LogP contribution in [0.4, 0.5) is 0 Å². The van der Waals surface area contributed by atoms with Gasteiger partial charge in [-0.1, -0.05) is 12.8 Å². The molecule has 0 radical (unpaired) electrons. The van der Waals surface area contributed by atoms with Crippen molar-refractivity contribution in [3.63, 3.8) is 0 Å². The van der Waals surface area contributed by atoms with Crippen molar-refractivity contribution in [1.29, 1.82) is 0 Å². The highest BCUT2D eigenvalue weighted by Gasteiger charge is 2.37. The lowest BCUT2D eigenvalue weighted by molar-refractivity contribution is 0.593. The molecule has 13 heavy (non-hydrogen) atoms. The van der Waals surface area contributed by atoms with Crippen molar-refractivity contribution >= 4 is 17.3 Å². The highest BCUT2D eigenvalue weighted by atomic mass is 32.1. The summed E-state index contributed by atoms with van der Waals surface area (Å²) in [6, 6.07) is 0.641. The van der Waals surface area contributed by atoms with E-state index in [4.69, 9.17) is 12.2 Å². The first kappa shape index (κ1) is 9.25. The normalized spacial score (nSPS) is 25.6. The third kappa shape index (κ3) is 2.56. The molecular formula is C10H18N2S. The maximum Gasteiger partial charge on any atom is 0.166 e. The van der Waals surface area contributed by atoms with Crippen LogP contribution in [0, 0.1) is 0 Å². The molecule has 74 valence electrons. The van der Waals surface area contributed by atoms with Gasteiger partial charge in [0.2, 0.25) is 0 Å². The van der Waals surface area contributed by atoms with Gasteiger partial charge in [0.15, 0.2) is 5.11 Å². The van der Waals surface area contributed by atoms with Crippen LogP contribution in [0.5, 0.6) is 0 Å². The third-order valence-corrected chi connectivity index (χ3v) is 3.33. The molecule has 0 amide bonds. The number of rotatable bonds is 2. The van der Waals surface area contributed by atoms with Gasteiger partial charge in [-0.15, -0.1) is 0 Å². The van der Waals surface area contributed by atoms with Gasteiger partial charge in [0, 0.05) is 11.6 Å². The molecule has 0 saturated heterocycles. The van der Waals surface area contributed by atoms with E-state index in [0.29, 0.717) is 11.6 Å². The van der Waals surface area contributed by atoms with E-state index in [0.717, 1.165) is 5.11 Å². The zero-order chi connectivity index (χ0) is 9.31. The van der Waals surface area contributed by atoms with Crippen LogP contribution in [0.1, 0.15) is 45.4 Å². The van der Waals surface area contributed by atoms with Gasteiger partial charge in [0.25, 0.3) is 0 Å². The Balaban J connectivity index is 1.71. The summed E-state index contributed by atoms with van der Waals surface area (Å²) >= 11 is 5.26. The summed E-state index contributed by atoms with van der Waals surface area (Å²) in [5.41, 5.74) is 0.322. The Morgan fingerprint density at radius 2 is 1.92 bits per heavy atom. The summed E-state index contributed by atoms with van der Waals surface area (Å²) in [6.45, 7) is 2.23. The lowest BCUT2D eigenvalue weighted by Crippen LogP contribution is -2.45. The van der Waals surface area contributed by atoms with E-state index >= 15 is 0 Å². The fourth-order valence-electron chi connectivity index (χ4n) is 1.88.